The van der Waals surface area contributed by atoms with Gasteiger partial charge in [-0.05, 0) is 73.2 Å². The van der Waals surface area contributed by atoms with Crippen molar-refractivity contribution in [2.24, 2.45) is 11.8 Å². The van der Waals surface area contributed by atoms with Crippen LogP contribution in [0.4, 0.5) is 0 Å². The molecule has 47 heavy (non-hydrogen) atoms. The van der Waals surface area contributed by atoms with Crippen molar-refractivity contribution in [2.45, 2.75) is 50.3 Å². The molecule has 1 aromatic heterocycles. The Morgan fingerprint density at radius 3 is 2.32 bits per heavy atom. The fourth-order valence-electron chi connectivity index (χ4n) is 6.55. The average Bonchev–Trinajstić information content (AvgIpc) is 3.73. The molecule has 3 aromatic carbocycles. The van der Waals surface area contributed by atoms with Gasteiger partial charge in [0.25, 0.3) is 21.8 Å². The molecule has 0 aliphatic heterocycles. The minimum atomic E-state index is -4.13. The highest BCUT2D eigenvalue weighted by Crippen LogP contribution is 2.41. The standard InChI is InChI=1S/C36H42N4O6S/c1-22-10-6-9-13-32(22)47(44,45)39-35(42)26-14-16-27(31(19-26)46-5)33(23(2)36(43)40(3)4)29-21-37-30-17-15-25(18-28(29)30)34(41)38-20-24-11-7-8-12-24/h6,9-10,13-19,21,23-24,33,37H,7-8,11-12,20H2,1-5H3,(H,38,41)(H,39,42). The maximum Gasteiger partial charge on any atom is 0.265 e. The van der Waals surface area contributed by atoms with Gasteiger partial charge in [0.2, 0.25) is 5.91 Å². The molecule has 1 aliphatic rings. The van der Waals surface area contributed by atoms with Crippen LogP contribution in [0.25, 0.3) is 10.9 Å². The Balaban J connectivity index is 1.51. The van der Waals surface area contributed by atoms with Crippen LogP contribution >= 0.6 is 0 Å². The molecule has 0 radical (unpaired) electrons. The highest BCUT2D eigenvalue weighted by Gasteiger charge is 2.33. The molecular formula is C36H42N4O6S. The lowest BCUT2D eigenvalue weighted by molar-refractivity contribution is -0.132. The molecule has 0 bridgehead atoms. The lowest BCUT2D eigenvalue weighted by Crippen LogP contribution is -2.32. The molecule has 1 aliphatic carbocycles. The largest absolute Gasteiger partial charge is 0.496 e. The molecule has 3 amide bonds. The number of fused-ring (bicyclic) bond motifs is 1. The number of ether oxygens (including phenoxy) is 1. The minimum Gasteiger partial charge on any atom is -0.496 e. The average molecular weight is 659 g/mol. The van der Waals surface area contributed by atoms with Crippen LogP contribution in [-0.4, -0.2) is 63.8 Å². The minimum absolute atomic E-state index is 0.0129. The zero-order valence-corrected chi connectivity index (χ0v) is 28.2. The molecule has 3 N–H and O–H groups in total. The Bertz CT molecular complexity index is 1910. The molecule has 11 heteroatoms. The second-order valence-corrected chi connectivity index (χ2v) is 14.2. The fraction of sp³-hybridized carbons (Fsp3) is 0.361. The Morgan fingerprint density at radius 1 is 0.957 bits per heavy atom. The first-order chi connectivity index (χ1) is 22.4. The predicted octanol–water partition coefficient (Wildman–Crippen LogP) is 5.38. The van der Waals surface area contributed by atoms with Gasteiger partial charge in [-0.1, -0.05) is 44.0 Å². The number of amides is 3. The van der Waals surface area contributed by atoms with E-state index in [1.807, 2.05) is 25.3 Å². The number of methoxy groups -OCH3 is 1. The summed E-state index contributed by atoms with van der Waals surface area (Å²) in [5, 5.41) is 3.88. The van der Waals surface area contributed by atoms with E-state index in [0.717, 1.165) is 29.3 Å². The third-order valence-electron chi connectivity index (χ3n) is 9.11. The van der Waals surface area contributed by atoms with E-state index < -0.39 is 27.8 Å². The van der Waals surface area contributed by atoms with Gasteiger partial charge >= 0.3 is 0 Å². The van der Waals surface area contributed by atoms with Gasteiger partial charge in [0.05, 0.1) is 12.0 Å². The quantitative estimate of drug-likeness (QED) is 0.198. The van der Waals surface area contributed by atoms with Crippen molar-refractivity contribution in [3.8, 4) is 5.75 Å². The highest BCUT2D eigenvalue weighted by atomic mass is 32.2. The molecule has 0 spiro atoms. The number of hydrogen-bond donors (Lipinski definition) is 3. The summed E-state index contributed by atoms with van der Waals surface area (Å²) in [4.78, 5) is 44.7. The van der Waals surface area contributed by atoms with E-state index in [0.29, 0.717) is 34.9 Å². The number of rotatable bonds is 11. The number of carbonyl (C=O) groups is 3. The molecule has 1 heterocycles. The molecular weight excluding hydrogens is 616 g/mol. The van der Waals surface area contributed by atoms with E-state index >= 15 is 0 Å². The maximum atomic E-state index is 13.4. The van der Waals surface area contributed by atoms with E-state index in [4.69, 9.17) is 4.74 Å². The summed E-state index contributed by atoms with van der Waals surface area (Å²) in [6.07, 6.45) is 6.50. The van der Waals surface area contributed by atoms with Crippen molar-refractivity contribution in [2.75, 3.05) is 27.7 Å². The number of H-pyrrole nitrogens is 1. The summed E-state index contributed by atoms with van der Waals surface area (Å²) >= 11 is 0. The topological polar surface area (TPSA) is 138 Å². The number of aryl methyl sites for hydroxylation is 1. The van der Waals surface area contributed by atoms with E-state index in [-0.39, 0.29) is 22.3 Å². The number of carbonyl (C=O) groups excluding carboxylic acids is 3. The number of sulfonamides is 1. The third kappa shape index (κ3) is 7.20. The summed E-state index contributed by atoms with van der Waals surface area (Å²) in [5.74, 6) is -1.37. The first-order valence-electron chi connectivity index (χ1n) is 15.8. The van der Waals surface area contributed by atoms with Crippen LogP contribution < -0.4 is 14.8 Å². The molecule has 0 saturated heterocycles. The molecule has 1 saturated carbocycles. The zero-order valence-electron chi connectivity index (χ0n) is 27.4. The summed E-state index contributed by atoms with van der Waals surface area (Å²) in [6.45, 7) is 4.14. The maximum absolute atomic E-state index is 13.4. The number of aromatic amines is 1. The van der Waals surface area contributed by atoms with Gasteiger partial charge in [0.15, 0.2) is 0 Å². The SMILES string of the molecule is COc1cc(C(=O)NS(=O)(=O)c2ccccc2C)ccc1C(c1c[nH]c2ccc(C(=O)NCC3CCCC3)cc12)C(C)C(=O)N(C)C. The van der Waals surface area contributed by atoms with E-state index in [1.54, 1.807) is 51.4 Å². The third-order valence-corrected chi connectivity index (χ3v) is 10.6. The van der Waals surface area contributed by atoms with Crippen molar-refractivity contribution >= 4 is 38.6 Å². The van der Waals surface area contributed by atoms with Gasteiger partial charge in [0, 0.05) is 66.3 Å². The summed E-state index contributed by atoms with van der Waals surface area (Å²) in [7, 11) is 0.718. The molecule has 2 unspecified atom stereocenters. The molecule has 10 nitrogen and oxygen atoms in total. The number of aromatic nitrogens is 1. The Labute approximate surface area is 275 Å². The summed E-state index contributed by atoms with van der Waals surface area (Å²) in [5.41, 5.74) is 3.33. The van der Waals surface area contributed by atoms with Crippen LogP contribution in [0, 0.1) is 18.8 Å². The predicted molar refractivity (Wildman–Crippen MR) is 181 cm³/mol. The zero-order chi connectivity index (χ0) is 33.9. The van der Waals surface area contributed by atoms with Gasteiger partial charge in [-0.25, -0.2) is 13.1 Å². The van der Waals surface area contributed by atoms with Crippen LogP contribution in [-0.2, 0) is 14.8 Å². The lowest BCUT2D eigenvalue weighted by Gasteiger charge is -2.27. The van der Waals surface area contributed by atoms with E-state index in [2.05, 4.69) is 15.0 Å². The van der Waals surface area contributed by atoms with Crippen LogP contribution in [0.2, 0.25) is 0 Å². The molecule has 2 atom stereocenters. The summed E-state index contributed by atoms with van der Waals surface area (Å²) < 4.78 is 34.0. The van der Waals surface area contributed by atoms with Crippen LogP contribution in [0.5, 0.6) is 5.75 Å². The first kappa shape index (κ1) is 33.7. The van der Waals surface area contributed by atoms with Crippen molar-refractivity contribution in [1.82, 2.24) is 19.9 Å². The molecule has 248 valence electrons. The monoisotopic (exact) mass is 658 g/mol. The van der Waals surface area contributed by atoms with Gasteiger partial charge in [-0.15, -0.1) is 0 Å². The normalized spacial score (nSPS) is 14.8. The van der Waals surface area contributed by atoms with Gasteiger partial charge in [-0.2, -0.15) is 0 Å². The van der Waals surface area contributed by atoms with Gasteiger partial charge in [0.1, 0.15) is 5.75 Å². The van der Waals surface area contributed by atoms with E-state index in [9.17, 15) is 22.8 Å². The molecule has 5 rings (SSSR count). The second-order valence-electron chi connectivity index (χ2n) is 12.5. The van der Waals surface area contributed by atoms with E-state index in [1.165, 1.54) is 43.1 Å². The van der Waals surface area contributed by atoms with Crippen molar-refractivity contribution < 1.29 is 27.5 Å². The van der Waals surface area contributed by atoms with Gasteiger partial charge in [-0.3, -0.25) is 14.4 Å². The van der Waals surface area contributed by atoms with Crippen molar-refractivity contribution in [1.29, 1.82) is 0 Å². The molecule has 4 aromatic rings. The fourth-order valence-corrected chi connectivity index (χ4v) is 7.78. The Hall–Kier alpha value is -4.64. The highest BCUT2D eigenvalue weighted by molar-refractivity contribution is 7.90. The van der Waals surface area contributed by atoms with Crippen LogP contribution in [0.1, 0.15) is 75.9 Å². The number of hydrogen-bond acceptors (Lipinski definition) is 6. The number of benzene rings is 3. The Kier molecular flexibility index (Phi) is 10.0. The second kappa shape index (κ2) is 14.0. The molecule has 1 fully saturated rings. The van der Waals surface area contributed by atoms with Crippen molar-refractivity contribution in [3.05, 3.63) is 94.7 Å². The summed E-state index contributed by atoms with van der Waals surface area (Å²) in [6, 6.07) is 16.6. The number of nitrogens with one attached hydrogen (secondary N) is 3. The van der Waals surface area contributed by atoms with Gasteiger partial charge < -0.3 is 19.9 Å². The van der Waals surface area contributed by atoms with Crippen molar-refractivity contribution in [3.63, 3.8) is 0 Å². The lowest BCUT2D eigenvalue weighted by atomic mass is 9.80. The van der Waals surface area contributed by atoms with Crippen LogP contribution in [0.3, 0.4) is 0 Å². The Morgan fingerprint density at radius 2 is 1.64 bits per heavy atom. The number of nitrogens with zero attached hydrogens (tertiary/aromatic N) is 1. The smallest absolute Gasteiger partial charge is 0.265 e. The first-order valence-corrected chi connectivity index (χ1v) is 17.3. The van der Waals surface area contributed by atoms with Crippen LogP contribution in [0.15, 0.2) is 71.8 Å².